The van der Waals surface area contributed by atoms with Gasteiger partial charge in [-0.3, -0.25) is 4.79 Å². The minimum absolute atomic E-state index is 0.151. The molecule has 2 aliphatic rings. The van der Waals surface area contributed by atoms with E-state index in [1.807, 2.05) is 4.57 Å². The highest BCUT2D eigenvalue weighted by Gasteiger charge is 2.21. The van der Waals surface area contributed by atoms with Crippen LogP contribution in [0.4, 0.5) is 20.6 Å². The Morgan fingerprint density at radius 1 is 1.28 bits per heavy atom. The van der Waals surface area contributed by atoms with Crippen LogP contribution in [0.5, 0.6) is 0 Å². The fourth-order valence-corrected chi connectivity index (χ4v) is 3.22. The van der Waals surface area contributed by atoms with Crippen molar-refractivity contribution in [2.24, 2.45) is 0 Å². The quantitative estimate of drug-likeness (QED) is 0.787. The van der Waals surface area contributed by atoms with Crippen LogP contribution in [0.25, 0.3) is 0 Å². The Hall–Kier alpha value is -2.97. The lowest BCUT2D eigenvalue weighted by Gasteiger charge is -2.20. The molecule has 25 heavy (non-hydrogen) atoms. The standard InChI is InChI=1S/C16H17FN6O2/c17-10-6-9-3-4-14(24)20-15(9)11(7-10)19-16(25)18-8-13-22-21-12-2-1-5-23(12)13/h6-7H,1-5,8H2,(H,20,24)(H2,18,19,25). The van der Waals surface area contributed by atoms with Crippen molar-refractivity contribution in [2.45, 2.75) is 38.8 Å². The Balaban J connectivity index is 1.46. The number of aromatic nitrogens is 3. The van der Waals surface area contributed by atoms with Crippen LogP contribution in [0, 0.1) is 5.82 Å². The molecule has 9 heteroatoms. The van der Waals surface area contributed by atoms with E-state index in [2.05, 4.69) is 26.1 Å². The van der Waals surface area contributed by atoms with Crippen molar-refractivity contribution in [1.29, 1.82) is 0 Å². The fraction of sp³-hybridized carbons (Fsp3) is 0.375. The summed E-state index contributed by atoms with van der Waals surface area (Å²) in [6.45, 7) is 1.08. The number of urea groups is 1. The van der Waals surface area contributed by atoms with E-state index >= 15 is 0 Å². The minimum Gasteiger partial charge on any atom is -0.331 e. The lowest BCUT2D eigenvalue weighted by Crippen LogP contribution is -2.30. The second-order valence-corrected chi connectivity index (χ2v) is 6.13. The van der Waals surface area contributed by atoms with E-state index in [-0.39, 0.29) is 18.1 Å². The van der Waals surface area contributed by atoms with Crippen molar-refractivity contribution >= 4 is 23.3 Å². The summed E-state index contributed by atoms with van der Waals surface area (Å²) < 4.78 is 15.7. The Morgan fingerprint density at radius 3 is 3.04 bits per heavy atom. The number of benzene rings is 1. The van der Waals surface area contributed by atoms with Crippen LogP contribution >= 0.6 is 0 Å². The summed E-state index contributed by atoms with van der Waals surface area (Å²) in [4.78, 5) is 23.8. The first-order chi connectivity index (χ1) is 12.1. The third-order valence-corrected chi connectivity index (χ3v) is 4.41. The molecular weight excluding hydrogens is 327 g/mol. The molecule has 8 nitrogen and oxygen atoms in total. The first-order valence-electron chi connectivity index (χ1n) is 8.18. The highest BCUT2D eigenvalue weighted by molar-refractivity contribution is 6.01. The van der Waals surface area contributed by atoms with Gasteiger partial charge >= 0.3 is 6.03 Å². The van der Waals surface area contributed by atoms with Gasteiger partial charge in [0.15, 0.2) is 5.82 Å². The summed E-state index contributed by atoms with van der Waals surface area (Å²) >= 11 is 0. The summed E-state index contributed by atoms with van der Waals surface area (Å²) in [5.41, 5.74) is 1.37. The van der Waals surface area contributed by atoms with E-state index in [0.717, 1.165) is 25.2 Å². The molecule has 1 aromatic carbocycles. The number of halogens is 1. The average molecular weight is 344 g/mol. The van der Waals surface area contributed by atoms with Crippen molar-refractivity contribution in [2.75, 3.05) is 10.6 Å². The van der Waals surface area contributed by atoms with Gasteiger partial charge in [0.05, 0.1) is 17.9 Å². The molecule has 0 spiro atoms. The normalized spacial score (nSPS) is 15.3. The Labute approximate surface area is 142 Å². The number of hydrogen-bond donors (Lipinski definition) is 3. The molecule has 0 saturated carbocycles. The first kappa shape index (κ1) is 15.6. The largest absolute Gasteiger partial charge is 0.331 e. The van der Waals surface area contributed by atoms with Gasteiger partial charge in [0.25, 0.3) is 0 Å². The number of aryl methyl sites for hydroxylation is 2. The number of amides is 3. The molecule has 2 aliphatic heterocycles. The number of nitrogens with zero attached hydrogens (tertiary/aromatic N) is 3. The van der Waals surface area contributed by atoms with E-state index in [1.165, 1.54) is 12.1 Å². The Kier molecular flexibility index (Phi) is 3.83. The van der Waals surface area contributed by atoms with Gasteiger partial charge in [-0.15, -0.1) is 10.2 Å². The number of nitrogens with one attached hydrogen (secondary N) is 3. The maximum Gasteiger partial charge on any atom is 0.319 e. The molecule has 2 aromatic rings. The van der Waals surface area contributed by atoms with E-state index in [0.29, 0.717) is 29.9 Å². The van der Waals surface area contributed by atoms with E-state index < -0.39 is 11.8 Å². The maximum absolute atomic E-state index is 13.8. The molecule has 1 aromatic heterocycles. The molecule has 0 saturated heterocycles. The van der Waals surface area contributed by atoms with E-state index in [1.54, 1.807) is 0 Å². The van der Waals surface area contributed by atoms with Gasteiger partial charge in [-0.25, -0.2) is 9.18 Å². The molecule has 3 N–H and O–H groups in total. The topological polar surface area (TPSA) is 101 Å². The third kappa shape index (κ3) is 3.04. The van der Waals surface area contributed by atoms with Gasteiger partial charge in [-0.05, 0) is 30.5 Å². The number of carbonyl (C=O) groups excluding carboxylic acids is 2. The van der Waals surface area contributed by atoms with Gasteiger partial charge in [0.2, 0.25) is 5.91 Å². The number of fused-ring (bicyclic) bond motifs is 2. The fourth-order valence-electron chi connectivity index (χ4n) is 3.22. The monoisotopic (exact) mass is 344 g/mol. The zero-order valence-electron chi connectivity index (χ0n) is 13.4. The second kappa shape index (κ2) is 6.15. The highest BCUT2D eigenvalue weighted by atomic mass is 19.1. The minimum atomic E-state index is -0.497. The van der Waals surface area contributed by atoms with Crippen molar-refractivity contribution < 1.29 is 14.0 Å². The molecule has 0 fully saturated rings. The van der Waals surface area contributed by atoms with Gasteiger partial charge < -0.3 is 20.5 Å². The van der Waals surface area contributed by atoms with Gasteiger partial charge in [0, 0.05) is 19.4 Å². The molecule has 4 rings (SSSR count). The smallest absolute Gasteiger partial charge is 0.319 e. The molecule has 0 atom stereocenters. The highest BCUT2D eigenvalue weighted by Crippen LogP contribution is 2.31. The summed E-state index contributed by atoms with van der Waals surface area (Å²) in [6, 6.07) is 2.07. The van der Waals surface area contributed by atoms with E-state index in [4.69, 9.17) is 0 Å². The zero-order valence-corrected chi connectivity index (χ0v) is 13.4. The SMILES string of the molecule is O=C1CCc2cc(F)cc(NC(=O)NCc3nnc4n3CCC4)c2N1. The first-order valence-corrected chi connectivity index (χ1v) is 8.18. The summed E-state index contributed by atoms with van der Waals surface area (Å²) in [7, 11) is 0. The van der Waals surface area contributed by atoms with Crippen molar-refractivity contribution in [1.82, 2.24) is 20.1 Å². The van der Waals surface area contributed by atoms with Crippen LogP contribution in [0.2, 0.25) is 0 Å². The van der Waals surface area contributed by atoms with E-state index in [9.17, 15) is 14.0 Å². The number of hydrogen-bond acceptors (Lipinski definition) is 4. The molecule has 3 heterocycles. The summed E-state index contributed by atoms with van der Waals surface area (Å²) in [5, 5.41) is 16.1. The summed E-state index contributed by atoms with van der Waals surface area (Å²) in [6.07, 6.45) is 2.68. The van der Waals surface area contributed by atoms with Crippen molar-refractivity contribution in [3.8, 4) is 0 Å². The average Bonchev–Trinajstić information content (AvgIpc) is 3.17. The van der Waals surface area contributed by atoms with Gasteiger partial charge in [0.1, 0.15) is 11.6 Å². The zero-order chi connectivity index (χ0) is 17.4. The number of rotatable bonds is 3. The van der Waals surface area contributed by atoms with Crippen LogP contribution in [0.15, 0.2) is 12.1 Å². The Morgan fingerprint density at radius 2 is 2.16 bits per heavy atom. The lowest BCUT2D eigenvalue weighted by molar-refractivity contribution is -0.116. The molecule has 130 valence electrons. The number of carbonyl (C=O) groups is 2. The van der Waals surface area contributed by atoms with Crippen molar-refractivity contribution in [3.63, 3.8) is 0 Å². The molecule has 3 amide bonds. The Bertz CT molecular complexity index is 863. The maximum atomic E-state index is 13.8. The van der Waals surface area contributed by atoms with Crippen LogP contribution < -0.4 is 16.0 Å². The number of anilines is 2. The van der Waals surface area contributed by atoms with Crippen molar-refractivity contribution in [3.05, 3.63) is 35.2 Å². The van der Waals surface area contributed by atoms with Crippen LogP contribution in [-0.4, -0.2) is 26.7 Å². The van der Waals surface area contributed by atoms with Gasteiger partial charge in [-0.1, -0.05) is 0 Å². The third-order valence-electron chi connectivity index (χ3n) is 4.41. The van der Waals surface area contributed by atoms with Crippen LogP contribution in [0.3, 0.4) is 0 Å². The second-order valence-electron chi connectivity index (χ2n) is 6.13. The molecule has 0 radical (unpaired) electrons. The van der Waals surface area contributed by atoms with Crippen LogP contribution in [-0.2, 0) is 30.7 Å². The molecule has 0 bridgehead atoms. The molecule has 0 unspecified atom stereocenters. The van der Waals surface area contributed by atoms with Crippen LogP contribution in [0.1, 0.15) is 30.1 Å². The molecular formula is C16H17FN6O2. The summed E-state index contributed by atoms with van der Waals surface area (Å²) in [5.74, 6) is 1.01. The predicted octanol–water partition coefficient (Wildman–Crippen LogP) is 1.57. The lowest BCUT2D eigenvalue weighted by atomic mass is 10.0. The predicted molar refractivity (Wildman–Crippen MR) is 87.6 cm³/mol. The molecule has 0 aliphatic carbocycles. The van der Waals surface area contributed by atoms with Gasteiger partial charge in [-0.2, -0.15) is 0 Å².